The molecule has 1 aromatic heterocycles. The minimum absolute atomic E-state index is 0.0732. The maximum Gasteiger partial charge on any atom is 0.403 e. The van der Waals surface area contributed by atoms with Crippen molar-refractivity contribution in [2.24, 2.45) is 0 Å². The van der Waals surface area contributed by atoms with Crippen LogP contribution >= 0.6 is 7.60 Å². The van der Waals surface area contributed by atoms with Gasteiger partial charge in [-0.2, -0.15) is 8.78 Å². The first-order valence-corrected chi connectivity index (χ1v) is 10.3. The fourth-order valence-corrected chi connectivity index (χ4v) is 4.80. The van der Waals surface area contributed by atoms with Gasteiger partial charge in [-0.1, -0.05) is 6.58 Å². The molecule has 10 heteroatoms. The molecule has 1 heterocycles. The highest BCUT2D eigenvalue weighted by Gasteiger charge is 2.52. The van der Waals surface area contributed by atoms with Gasteiger partial charge in [0.25, 0.3) is 0 Å². The van der Waals surface area contributed by atoms with Crippen LogP contribution < -0.4 is 0 Å². The van der Waals surface area contributed by atoms with Crippen LogP contribution in [0.1, 0.15) is 20.8 Å². The molecule has 0 aliphatic rings. The van der Waals surface area contributed by atoms with E-state index in [-0.39, 0.29) is 29.8 Å². The zero-order valence-corrected chi connectivity index (χ0v) is 15.8. The third-order valence-electron chi connectivity index (χ3n) is 2.92. The van der Waals surface area contributed by atoms with Crippen molar-refractivity contribution in [3.63, 3.8) is 0 Å². The van der Waals surface area contributed by atoms with Crippen molar-refractivity contribution >= 4 is 17.4 Å². The fourth-order valence-electron chi connectivity index (χ4n) is 1.85. The summed E-state index contributed by atoms with van der Waals surface area (Å²) >= 11 is 0. The average Bonchev–Trinajstić information content (AvgIpc) is 2.53. The van der Waals surface area contributed by atoms with Gasteiger partial charge in [-0.25, -0.2) is 8.42 Å². The first-order valence-electron chi connectivity index (χ1n) is 7.32. The van der Waals surface area contributed by atoms with Crippen molar-refractivity contribution < 1.29 is 30.8 Å². The Morgan fingerprint density at radius 1 is 1.36 bits per heavy atom. The summed E-state index contributed by atoms with van der Waals surface area (Å²) < 4.78 is 76.1. The van der Waals surface area contributed by atoms with Crippen LogP contribution in [-0.2, 0) is 23.4 Å². The van der Waals surface area contributed by atoms with Gasteiger partial charge in [0.05, 0.1) is 23.0 Å². The molecule has 0 radical (unpaired) electrons. The van der Waals surface area contributed by atoms with Crippen molar-refractivity contribution in [1.82, 2.24) is 4.98 Å². The molecule has 0 aliphatic carbocycles. The van der Waals surface area contributed by atoms with E-state index < -0.39 is 28.0 Å². The highest BCUT2D eigenvalue weighted by Crippen LogP contribution is 2.63. The largest absolute Gasteiger partial charge is 0.403 e. The molecule has 0 amide bonds. The van der Waals surface area contributed by atoms with Crippen LogP contribution in [0.5, 0.6) is 0 Å². The van der Waals surface area contributed by atoms with Crippen LogP contribution in [-0.4, -0.2) is 32.3 Å². The van der Waals surface area contributed by atoms with Crippen LogP contribution in [0.25, 0.3) is 0 Å². The quantitative estimate of drug-likeness (QED) is 0.461. The average molecular weight is 395 g/mol. The fraction of sp³-hybridized carbons (Fsp3) is 0.400. The summed E-state index contributed by atoms with van der Waals surface area (Å²) in [5.74, 6) is 0. The smallest absolute Gasteiger partial charge is 0.304 e. The van der Waals surface area contributed by atoms with Crippen molar-refractivity contribution in [2.75, 3.05) is 13.2 Å². The lowest BCUT2D eigenvalue weighted by Crippen LogP contribution is -2.20. The summed E-state index contributed by atoms with van der Waals surface area (Å²) in [4.78, 5) is 2.61. The predicted octanol–water partition coefficient (Wildman–Crippen LogP) is 4.17. The van der Waals surface area contributed by atoms with E-state index in [0.29, 0.717) is 0 Å². The monoisotopic (exact) mass is 395 g/mol. The Bertz CT molecular complexity index is 783. The lowest BCUT2D eigenvalue weighted by molar-refractivity contribution is 0.0791. The van der Waals surface area contributed by atoms with Gasteiger partial charge >= 0.3 is 13.3 Å². The van der Waals surface area contributed by atoms with Crippen LogP contribution in [0, 0.1) is 0 Å². The first kappa shape index (κ1) is 21.6. The number of alkyl halides is 2. The highest BCUT2D eigenvalue weighted by atomic mass is 32.2. The number of allylic oxidation sites excluding steroid dienone is 2. The molecule has 0 aromatic carbocycles. The molecule has 0 bridgehead atoms. The minimum Gasteiger partial charge on any atom is -0.304 e. The molecule has 25 heavy (non-hydrogen) atoms. The Morgan fingerprint density at radius 3 is 2.32 bits per heavy atom. The minimum atomic E-state index is -4.91. The molecule has 0 unspecified atom stereocenters. The van der Waals surface area contributed by atoms with Crippen LogP contribution in [0.15, 0.2) is 52.6 Å². The van der Waals surface area contributed by atoms with E-state index in [0.717, 1.165) is 6.20 Å². The van der Waals surface area contributed by atoms with Gasteiger partial charge in [0.15, 0.2) is 0 Å². The van der Waals surface area contributed by atoms with Crippen LogP contribution in [0.4, 0.5) is 8.78 Å². The second-order valence-electron chi connectivity index (χ2n) is 4.90. The molecule has 0 fully saturated rings. The van der Waals surface area contributed by atoms with Crippen molar-refractivity contribution in [2.45, 2.75) is 31.3 Å². The zero-order chi connectivity index (χ0) is 19.3. The van der Waals surface area contributed by atoms with E-state index in [4.69, 9.17) is 0 Å². The Labute approximate surface area is 146 Å². The lowest BCUT2D eigenvalue weighted by Gasteiger charge is -2.24. The number of sulfone groups is 1. The number of halogens is 2. The van der Waals surface area contributed by atoms with E-state index >= 15 is 0 Å². The third-order valence-corrected chi connectivity index (χ3v) is 6.89. The van der Waals surface area contributed by atoms with Gasteiger partial charge in [0.2, 0.25) is 9.84 Å². The number of aromatic nitrogens is 1. The third kappa shape index (κ3) is 4.82. The molecule has 1 rings (SSSR count). The lowest BCUT2D eigenvalue weighted by atomic mass is 10.3. The maximum atomic E-state index is 14.6. The topological polar surface area (TPSA) is 82.6 Å². The van der Waals surface area contributed by atoms with Gasteiger partial charge in [0, 0.05) is 18.5 Å². The molecule has 0 saturated heterocycles. The van der Waals surface area contributed by atoms with Gasteiger partial charge < -0.3 is 9.05 Å². The molecule has 0 N–H and O–H groups in total. The standard InChI is InChI=1S/C15H20F2NO5PS/c1-5-22-24(19,23-6-2)15(16,17)10-14(12(3)4)25(20,21)13-8-7-9-18-11-13/h7-11H,3,5-6H2,1-2,4H3/b14-10+. The van der Waals surface area contributed by atoms with Gasteiger partial charge in [-0.05, 0) is 38.5 Å². The Kier molecular flexibility index (Phi) is 7.19. The van der Waals surface area contributed by atoms with Crippen LogP contribution in [0.2, 0.25) is 0 Å². The van der Waals surface area contributed by atoms with Crippen molar-refractivity contribution in [3.05, 3.63) is 47.7 Å². The molecule has 1 aromatic rings. The molecular formula is C15H20F2NO5PS. The maximum absolute atomic E-state index is 14.6. The number of rotatable bonds is 9. The highest BCUT2D eigenvalue weighted by molar-refractivity contribution is 7.95. The Hall–Kier alpha value is -1.41. The van der Waals surface area contributed by atoms with Crippen molar-refractivity contribution in [1.29, 1.82) is 0 Å². The van der Waals surface area contributed by atoms with E-state index in [2.05, 4.69) is 20.6 Å². The molecular weight excluding hydrogens is 375 g/mol. The molecule has 140 valence electrons. The van der Waals surface area contributed by atoms with Gasteiger partial charge in [-0.15, -0.1) is 0 Å². The van der Waals surface area contributed by atoms with Crippen molar-refractivity contribution in [3.8, 4) is 0 Å². The number of nitrogens with zero attached hydrogens (tertiary/aromatic N) is 1. The number of pyridine rings is 1. The van der Waals surface area contributed by atoms with E-state index in [9.17, 15) is 21.8 Å². The number of hydrogen-bond donors (Lipinski definition) is 0. The summed E-state index contributed by atoms with van der Waals surface area (Å²) in [6, 6.07) is 2.56. The summed E-state index contributed by atoms with van der Waals surface area (Å²) in [6.07, 6.45) is 2.44. The second kappa shape index (κ2) is 8.31. The van der Waals surface area contributed by atoms with E-state index in [1.54, 1.807) is 0 Å². The summed E-state index contributed by atoms with van der Waals surface area (Å²) in [7, 11) is -9.24. The number of hydrogen-bond acceptors (Lipinski definition) is 6. The molecule has 0 spiro atoms. The van der Waals surface area contributed by atoms with Crippen LogP contribution in [0.3, 0.4) is 0 Å². The summed E-state index contributed by atoms with van der Waals surface area (Å²) in [5, 5.41) is 0. The normalized spacial score (nSPS) is 13.7. The zero-order valence-electron chi connectivity index (χ0n) is 14.1. The molecule has 6 nitrogen and oxygen atoms in total. The van der Waals surface area contributed by atoms with Gasteiger partial charge in [0.1, 0.15) is 0 Å². The second-order valence-corrected chi connectivity index (χ2v) is 8.93. The summed E-state index contributed by atoms with van der Waals surface area (Å²) in [5.41, 5.74) is -4.31. The first-order chi connectivity index (χ1) is 11.5. The molecule has 0 atom stereocenters. The Balaban J connectivity index is 3.53. The molecule has 0 saturated carbocycles. The molecule has 0 aliphatic heterocycles. The SMILES string of the molecule is C=C(C)/C(=C\C(F)(F)P(=O)(OCC)OCC)S(=O)(=O)c1cccnc1. The van der Waals surface area contributed by atoms with Gasteiger partial charge in [-0.3, -0.25) is 9.55 Å². The summed E-state index contributed by atoms with van der Waals surface area (Å²) in [6.45, 7) is 6.84. The van der Waals surface area contributed by atoms with E-state index in [1.807, 2.05) is 0 Å². The predicted molar refractivity (Wildman–Crippen MR) is 90.1 cm³/mol. The Morgan fingerprint density at radius 2 is 1.92 bits per heavy atom. The van der Waals surface area contributed by atoms with E-state index in [1.165, 1.54) is 39.1 Å².